The Hall–Kier alpha value is -3.08. The second-order valence-corrected chi connectivity index (χ2v) is 5.70. The largest absolute Gasteiger partial charge is 0.493 e. The number of rotatable bonds is 6. The smallest absolute Gasteiger partial charge is 0.226 e. The maximum absolute atomic E-state index is 8.78. The third-order valence-electron chi connectivity index (χ3n) is 3.94. The predicted molar refractivity (Wildman–Crippen MR) is 96.3 cm³/mol. The zero-order valence-electron chi connectivity index (χ0n) is 14.3. The predicted octanol–water partition coefficient (Wildman–Crippen LogP) is 4.47. The Bertz CT molecular complexity index is 852. The molecule has 1 aromatic heterocycles. The number of oxazole rings is 1. The summed E-state index contributed by atoms with van der Waals surface area (Å²) in [5.74, 6) is 2.21. The second kappa shape index (κ2) is 7.66. The Morgan fingerprint density at radius 2 is 1.84 bits per heavy atom. The van der Waals surface area contributed by atoms with Crippen LogP contribution in [0.3, 0.4) is 0 Å². The van der Waals surface area contributed by atoms with Gasteiger partial charge in [-0.3, -0.25) is 0 Å². The number of oxime groups is 1. The van der Waals surface area contributed by atoms with Crippen molar-refractivity contribution in [1.82, 2.24) is 4.98 Å². The SMILES string of the molecule is C/C(=N\O)c1ccc(OCCc2nc(-c3ccccc3)oc2C)cc1. The van der Waals surface area contributed by atoms with Crippen molar-refractivity contribution in [3.63, 3.8) is 0 Å². The van der Waals surface area contributed by atoms with Crippen LogP contribution in [0.4, 0.5) is 0 Å². The molecule has 2 aromatic carbocycles. The first kappa shape index (κ1) is 16.8. The summed E-state index contributed by atoms with van der Waals surface area (Å²) >= 11 is 0. The average Bonchev–Trinajstić information content (AvgIpc) is 3.03. The van der Waals surface area contributed by atoms with Crippen LogP contribution in [-0.2, 0) is 6.42 Å². The van der Waals surface area contributed by atoms with Gasteiger partial charge in [-0.15, -0.1) is 0 Å². The number of benzene rings is 2. The molecule has 0 bridgehead atoms. The second-order valence-electron chi connectivity index (χ2n) is 5.70. The molecule has 0 atom stereocenters. The van der Waals surface area contributed by atoms with Crippen LogP contribution in [-0.4, -0.2) is 22.5 Å². The van der Waals surface area contributed by atoms with Crippen LogP contribution < -0.4 is 4.74 Å². The van der Waals surface area contributed by atoms with E-state index >= 15 is 0 Å². The summed E-state index contributed by atoms with van der Waals surface area (Å²) in [6.45, 7) is 4.17. The Morgan fingerprint density at radius 3 is 2.52 bits per heavy atom. The minimum Gasteiger partial charge on any atom is -0.493 e. The van der Waals surface area contributed by atoms with Gasteiger partial charge < -0.3 is 14.4 Å². The first-order valence-corrected chi connectivity index (χ1v) is 8.11. The third-order valence-corrected chi connectivity index (χ3v) is 3.94. The molecule has 3 aromatic rings. The van der Waals surface area contributed by atoms with Crippen LogP contribution in [0.25, 0.3) is 11.5 Å². The van der Waals surface area contributed by atoms with Gasteiger partial charge in [0.1, 0.15) is 11.5 Å². The molecule has 0 radical (unpaired) electrons. The lowest BCUT2D eigenvalue weighted by Gasteiger charge is -2.06. The van der Waals surface area contributed by atoms with E-state index in [9.17, 15) is 0 Å². The first-order chi connectivity index (χ1) is 12.2. The number of ether oxygens (including phenoxy) is 1. The van der Waals surface area contributed by atoms with Crippen molar-refractivity contribution in [2.24, 2.45) is 5.16 Å². The fraction of sp³-hybridized carbons (Fsp3) is 0.200. The molecule has 1 N–H and O–H groups in total. The minimum absolute atomic E-state index is 0.508. The highest BCUT2D eigenvalue weighted by molar-refractivity contribution is 5.98. The highest BCUT2D eigenvalue weighted by atomic mass is 16.5. The molecule has 0 aliphatic rings. The molecule has 0 unspecified atom stereocenters. The van der Waals surface area contributed by atoms with Crippen molar-refractivity contribution < 1.29 is 14.4 Å². The van der Waals surface area contributed by atoms with Crippen LogP contribution in [0, 0.1) is 6.92 Å². The van der Waals surface area contributed by atoms with Gasteiger partial charge in [-0.2, -0.15) is 0 Å². The Kier molecular flexibility index (Phi) is 5.14. The van der Waals surface area contributed by atoms with E-state index in [2.05, 4.69) is 10.1 Å². The monoisotopic (exact) mass is 336 g/mol. The molecule has 5 heteroatoms. The molecular formula is C20H20N2O3. The van der Waals surface area contributed by atoms with E-state index in [0.717, 1.165) is 28.3 Å². The van der Waals surface area contributed by atoms with E-state index in [4.69, 9.17) is 14.4 Å². The van der Waals surface area contributed by atoms with Gasteiger partial charge in [0.15, 0.2) is 0 Å². The molecular weight excluding hydrogens is 316 g/mol. The maximum Gasteiger partial charge on any atom is 0.226 e. The Balaban J connectivity index is 1.60. The first-order valence-electron chi connectivity index (χ1n) is 8.11. The zero-order valence-corrected chi connectivity index (χ0v) is 14.3. The Labute approximate surface area is 146 Å². The van der Waals surface area contributed by atoms with Crippen molar-refractivity contribution in [2.45, 2.75) is 20.3 Å². The van der Waals surface area contributed by atoms with Crippen molar-refractivity contribution >= 4 is 5.71 Å². The van der Waals surface area contributed by atoms with Crippen molar-refractivity contribution in [1.29, 1.82) is 0 Å². The van der Waals surface area contributed by atoms with Crippen molar-refractivity contribution in [2.75, 3.05) is 6.61 Å². The van der Waals surface area contributed by atoms with E-state index in [1.165, 1.54) is 0 Å². The van der Waals surface area contributed by atoms with Crippen molar-refractivity contribution in [3.05, 3.63) is 71.6 Å². The molecule has 0 saturated carbocycles. The fourth-order valence-corrected chi connectivity index (χ4v) is 2.48. The van der Waals surface area contributed by atoms with E-state index in [-0.39, 0.29) is 0 Å². The average molecular weight is 336 g/mol. The van der Waals surface area contributed by atoms with Gasteiger partial charge in [0.25, 0.3) is 0 Å². The summed E-state index contributed by atoms with van der Waals surface area (Å²) in [5.41, 5.74) is 3.29. The van der Waals surface area contributed by atoms with Gasteiger partial charge in [-0.25, -0.2) is 4.98 Å². The van der Waals surface area contributed by atoms with Crippen LogP contribution in [0.1, 0.15) is 23.9 Å². The summed E-state index contributed by atoms with van der Waals surface area (Å²) < 4.78 is 11.5. The molecule has 0 saturated heterocycles. The van der Waals surface area contributed by atoms with E-state index in [1.54, 1.807) is 6.92 Å². The zero-order chi connectivity index (χ0) is 17.6. The molecule has 3 rings (SSSR count). The fourth-order valence-electron chi connectivity index (χ4n) is 2.48. The van der Waals surface area contributed by atoms with Crippen LogP contribution in [0.2, 0.25) is 0 Å². The topological polar surface area (TPSA) is 67.9 Å². The number of aryl methyl sites for hydroxylation is 1. The van der Waals surface area contributed by atoms with Crippen molar-refractivity contribution in [3.8, 4) is 17.2 Å². The van der Waals surface area contributed by atoms with Gasteiger partial charge in [-0.05, 0) is 55.8 Å². The highest BCUT2D eigenvalue weighted by Gasteiger charge is 2.11. The Morgan fingerprint density at radius 1 is 1.12 bits per heavy atom. The normalized spacial score (nSPS) is 11.5. The van der Waals surface area contributed by atoms with E-state index in [0.29, 0.717) is 24.6 Å². The lowest BCUT2D eigenvalue weighted by Crippen LogP contribution is -2.03. The molecule has 0 spiro atoms. The molecule has 1 heterocycles. The van der Waals surface area contributed by atoms with Crippen LogP contribution >= 0.6 is 0 Å². The third kappa shape index (κ3) is 4.07. The molecule has 5 nitrogen and oxygen atoms in total. The van der Waals surface area contributed by atoms with Gasteiger partial charge in [0.05, 0.1) is 18.0 Å². The lowest BCUT2D eigenvalue weighted by molar-refractivity contribution is 0.318. The molecule has 128 valence electrons. The number of hydrogen-bond donors (Lipinski definition) is 1. The number of hydrogen-bond acceptors (Lipinski definition) is 5. The van der Waals surface area contributed by atoms with Gasteiger partial charge in [0, 0.05) is 12.0 Å². The maximum atomic E-state index is 8.78. The summed E-state index contributed by atoms with van der Waals surface area (Å²) in [6.07, 6.45) is 0.668. The lowest BCUT2D eigenvalue weighted by atomic mass is 10.1. The van der Waals surface area contributed by atoms with Crippen LogP contribution in [0.15, 0.2) is 64.2 Å². The van der Waals surface area contributed by atoms with Crippen LogP contribution in [0.5, 0.6) is 5.75 Å². The summed E-state index contributed by atoms with van der Waals surface area (Å²) in [6, 6.07) is 17.3. The molecule has 0 amide bonds. The quantitative estimate of drug-likeness (QED) is 0.410. The van der Waals surface area contributed by atoms with E-state index in [1.807, 2.05) is 61.5 Å². The van der Waals surface area contributed by atoms with Gasteiger partial charge >= 0.3 is 0 Å². The number of aromatic nitrogens is 1. The number of nitrogens with zero attached hydrogens (tertiary/aromatic N) is 2. The minimum atomic E-state index is 0.508. The summed E-state index contributed by atoms with van der Waals surface area (Å²) in [5, 5.41) is 12.0. The standard InChI is InChI=1S/C20H20N2O3/c1-14(22-23)16-8-10-18(11-9-16)24-13-12-19-15(2)25-20(21-19)17-6-4-3-5-7-17/h3-11,23H,12-13H2,1-2H3/b22-14+. The van der Waals surface area contributed by atoms with E-state index < -0.39 is 0 Å². The van der Waals surface area contributed by atoms with Gasteiger partial charge in [0.2, 0.25) is 5.89 Å². The summed E-state index contributed by atoms with van der Waals surface area (Å²) in [4.78, 5) is 4.57. The molecule has 0 aliphatic carbocycles. The summed E-state index contributed by atoms with van der Waals surface area (Å²) in [7, 11) is 0. The molecule has 0 aliphatic heterocycles. The van der Waals surface area contributed by atoms with Gasteiger partial charge in [-0.1, -0.05) is 23.4 Å². The molecule has 0 fully saturated rings. The highest BCUT2D eigenvalue weighted by Crippen LogP contribution is 2.22. The molecule has 25 heavy (non-hydrogen) atoms.